The van der Waals surface area contributed by atoms with Gasteiger partial charge in [0.15, 0.2) is 0 Å². The van der Waals surface area contributed by atoms with E-state index in [-0.39, 0.29) is 5.91 Å². The molecule has 2 aromatic carbocycles. The quantitative estimate of drug-likeness (QED) is 0.698. The molecule has 0 radical (unpaired) electrons. The number of carbonyl (C=O) groups is 2. The first-order chi connectivity index (χ1) is 13.6. The van der Waals surface area contributed by atoms with Crippen LogP contribution in [0.4, 0.5) is 4.79 Å². The highest BCUT2D eigenvalue weighted by molar-refractivity contribution is 5.95. The fourth-order valence-electron chi connectivity index (χ4n) is 3.24. The maximum atomic E-state index is 11.9. The number of hydrazine groups is 1. The van der Waals surface area contributed by atoms with E-state index in [2.05, 4.69) is 40.1 Å². The van der Waals surface area contributed by atoms with Crippen LogP contribution in [0.15, 0.2) is 54.6 Å². The zero-order valence-corrected chi connectivity index (χ0v) is 16.3. The number of urea groups is 1. The Morgan fingerprint density at radius 2 is 1.57 bits per heavy atom. The number of carbonyl (C=O) groups excluding carboxylic acids is 2. The first kappa shape index (κ1) is 19.9. The molecular formula is C22H28N4O2. The minimum Gasteiger partial charge on any atom is -0.333 e. The van der Waals surface area contributed by atoms with E-state index in [4.69, 9.17) is 0 Å². The molecular weight excluding hydrogens is 352 g/mol. The van der Waals surface area contributed by atoms with Crippen LogP contribution in [0.3, 0.4) is 0 Å². The summed E-state index contributed by atoms with van der Waals surface area (Å²) in [5.41, 5.74) is 7.54. The molecule has 1 saturated heterocycles. The second-order valence-electron chi connectivity index (χ2n) is 7.40. The fraction of sp³-hybridized carbons (Fsp3) is 0.364. The van der Waals surface area contributed by atoms with Gasteiger partial charge in [0.25, 0.3) is 5.91 Å². The number of nitrogens with zero attached hydrogens (tertiary/aromatic N) is 1. The van der Waals surface area contributed by atoms with Crippen molar-refractivity contribution in [2.45, 2.75) is 32.9 Å². The maximum Gasteiger partial charge on any atom is 0.333 e. The largest absolute Gasteiger partial charge is 0.333 e. The van der Waals surface area contributed by atoms with E-state index >= 15 is 0 Å². The number of hydrogen-bond donors (Lipinski definition) is 3. The number of benzene rings is 2. The summed E-state index contributed by atoms with van der Waals surface area (Å²) < 4.78 is 0. The Kier molecular flexibility index (Phi) is 7.03. The van der Waals surface area contributed by atoms with E-state index < -0.39 is 6.03 Å². The molecule has 3 amide bonds. The van der Waals surface area contributed by atoms with Crippen molar-refractivity contribution >= 4 is 11.9 Å². The lowest BCUT2D eigenvalue weighted by atomic mass is 9.99. The van der Waals surface area contributed by atoms with Crippen molar-refractivity contribution in [3.05, 3.63) is 71.3 Å². The smallest absolute Gasteiger partial charge is 0.333 e. The van der Waals surface area contributed by atoms with Crippen LogP contribution < -0.4 is 16.2 Å². The molecule has 3 N–H and O–H groups in total. The number of piperidine rings is 1. The molecule has 0 aliphatic carbocycles. The molecule has 2 aromatic rings. The van der Waals surface area contributed by atoms with Gasteiger partial charge in [-0.25, -0.2) is 10.2 Å². The summed E-state index contributed by atoms with van der Waals surface area (Å²) in [6.07, 6.45) is 2.55. The van der Waals surface area contributed by atoms with E-state index in [1.54, 1.807) is 24.3 Å². The lowest BCUT2D eigenvalue weighted by molar-refractivity contribution is 0.0936. The summed E-state index contributed by atoms with van der Waals surface area (Å²) >= 11 is 0. The first-order valence-corrected chi connectivity index (χ1v) is 9.79. The summed E-state index contributed by atoms with van der Waals surface area (Å²) in [4.78, 5) is 26.2. The second kappa shape index (κ2) is 9.90. The third-order valence-electron chi connectivity index (χ3n) is 5.08. The summed E-state index contributed by atoms with van der Waals surface area (Å²) in [6, 6.07) is 16.6. The molecule has 1 fully saturated rings. The molecule has 0 atom stereocenters. The molecule has 1 aliphatic heterocycles. The van der Waals surface area contributed by atoms with Crippen LogP contribution in [0.2, 0.25) is 0 Å². The minimum atomic E-state index is -0.448. The fourth-order valence-corrected chi connectivity index (χ4v) is 3.24. The minimum absolute atomic E-state index is 0.354. The van der Waals surface area contributed by atoms with Gasteiger partial charge in [0.2, 0.25) is 0 Å². The summed E-state index contributed by atoms with van der Waals surface area (Å²) in [7, 11) is 0. The van der Waals surface area contributed by atoms with E-state index in [0.717, 1.165) is 18.0 Å². The molecule has 1 aliphatic rings. The van der Waals surface area contributed by atoms with Crippen molar-refractivity contribution in [1.82, 2.24) is 21.1 Å². The number of rotatable bonds is 5. The van der Waals surface area contributed by atoms with Gasteiger partial charge < -0.3 is 5.32 Å². The average Bonchev–Trinajstić information content (AvgIpc) is 2.74. The van der Waals surface area contributed by atoms with Crippen molar-refractivity contribution in [2.75, 3.05) is 13.1 Å². The van der Waals surface area contributed by atoms with Gasteiger partial charge in [-0.3, -0.25) is 15.1 Å². The van der Waals surface area contributed by atoms with Crippen LogP contribution in [-0.2, 0) is 13.1 Å². The third-order valence-corrected chi connectivity index (χ3v) is 5.08. The van der Waals surface area contributed by atoms with Crippen molar-refractivity contribution in [3.63, 3.8) is 0 Å². The van der Waals surface area contributed by atoms with Gasteiger partial charge in [0, 0.05) is 18.7 Å². The zero-order valence-electron chi connectivity index (χ0n) is 16.3. The van der Waals surface area contributed by atoms with Crippen LogP contribution >= 0.6 is 0 Å². The molecule has 148 valence electrons. The standard InChI is InChI=1S/C22H28N4O2/c1-17-11-13-26(14-12-17)16-19-9-7-18(8-10-19)15-23-22(28)25-24-21(27)20-5-3-2-4-6-20/h2-10,17H,11-16H2,1H3,(H,24,27)(H2,23,25,28). The van der Waals surface area contributed by atoms with Gasteiger partial charge in [-0.05, 0) is 55.1 Å². The number of hydrogen-bond acceptors (Lipinski definition) is 3. The predicted octanol–water partition coefficient (Wildman–Crippen LogP) is 3.06. The van der Waals surface area contributed by atoms with Crippen molar-refractivity contribution < 1.29 is 9.59 Å². The molecule has 0 bridgehead atoms. The monoisotopic (exact) mass is 380 g/mol. The van der Waals surface area contributed by atoms with Crippen LogP contribution in [0.25, 0.3) is 0 Å². The van der Waals surface area contributed by atoms with Gasteiger partial charge in [-0.15, -0.1) is 0 Å². The molecule has 0 saturated carbocycles. The molecule has 1 heterocycles. The lowest BCUT2D eigenvalue weighted by Gasteiger charge is -2.30. The van der Waals surface area contributed by atoms with Crippen molar-refractivity contribution in [3.8, 4) is 0 Å². The number of likely N-dealkylation sites (tertiary alicyclic amines) is 1. The molecule has 6 nitrogen and oxygen atoms in total. The van der Waals surface area contributed by atoms with E-state index in [1.165, 1.54) is 31.5 Å². The molecule has 0 unspecified atom stereocenters. The number of nitrogens with one attached hydrogen (secondary N) is 3. The van der Waals surface area contributed by atoms with E-state index in [0.29, 0.717) is 12.1 Å². The molecule has 6 heteroatoms. The summed E-state index contributed by atoms with van der Waals surface area (Å²) in [6.45, 7) is 6.03. The van der Waals surface area contributed by atoms with Crippen LogP contribution in [-0.4, -0.2) is 29.9 Å². The van der Waals surface area contributed by atoms with Crippen LogP contribution in [0.1, 0.15) is 41.3 Å². The van der Waals surface area contributed by atoms with Crippen molar-refractivity contribution in [2.24, 2.45) is 5.92 Å². The highest BCUT2D eigenvalue weighted by atomic mass is 16.2. The van der Waals surface area contributed by atoms with Crippen LogP contribution in [0.5, 0.6) is 0 Å². The van der Waals surface area contributed by atoms with Crippen molar-refractivity contribution in [1.29, 1.82) is 0 Å². The third kappa shape index (κ3) is 6.09. The Labute approximate surface area is 166 Å². The topological polar surface area (TPSA) is 73.5 Å². The Morgan fingerprint density at radius 3 is 2.25 bits per heavy atom. The maximum absolute atomic E-state index is 11.9. The van der Waals surface area contributed by atoms with E-state index in [1.807, 2.05) is 18.2 Å². The Morgan fingerprint density at radius 1 is 0.929 bits per heavy atom. The van der Waals surface area contributed by atoms with Gasteiger partial charge in [-0.1, -0.05) is 49.4 Å². The molecule has 0 spiro atoms. The SMILES string of the molecule is CC1CCN(Cc2ccc(CNC(=O)NNC(=O)c3ccccc3)cc2)CC1. The van der Waals surface area contributed by atoms with Gasteiger partial charge >= 0.3 is 6.03 Å². The Hall–Kier alpha value is -2.86. The predicted molar refractivity (Wildman–Crippen MR) is 109 cm³/mol. The van der Waals surface area contributed by atoms with Crippen LogP contribution in [0, 0.1) is 5.92 Å². The van der Waals surface area contributed by atoms with Gasteiger partial charge in [0.05, 0.1) is 0 Å². The highest BCUT2D eigenvalue weighted by Gasteiger charge is 2.15. The number of amides is 3. The summed E-state index contributed by atoms with van der Waals surface area (Å²) in [5, 5.41) is 2.74. The first-order valence-electron chi connectivity index (χ1n) is 9.79. The second-order valence-corrected chi connectivity index (χ2v) is 7.40. The van der Waals surface area contributed by atoms with Gasteiger partial charge in [-0.2, -0.15) is 0 Å². The molecule has 3 rings (SSSR count). The summed E-state index contributed by atoms with van der Waals surface area (Å²) in [5.74, 6) is 0.487. The van der Waals surface area contributed by atoms with Gasteiger partial charge in [0.1, 0.15) is 0 Å². The zero-order chi connectivity index (χ0) is 19.8. The Balaban J connectivity index is 1.38. The molecule has 28 heavy (non-hydrogen) atoms. The van der Waals surface area contributed by atoms with E-state index in [9.17, 15) is 9.59 Å². The highest BCUT2D eigenvalue weighted by Crippen LogP contribution is 2.18. The molecule has 0 aromatic heterocycles. The Bertz CT molecular complexity index is 769. The lowest BCUT2D eigenvalue weighted by Crippen LogP contribution is -2.46. The normalized spacial score (nSPS) is 15.0. The average molecular weight is 380 g/mol.